The van der Waals surface area contributed by atoms with Crippen molar-refractivity contribution in [3.8, 4) is 0 Å². The average Bonchev–Trinajstić information content (AvgIpc) is 3.14. The number of hydrogen-bond acceptors (Lipinski definition) is 4. The molecule has 4 rings (SSSR count). The smallest absolute Gasteiger partial charge is 0.336 e. The molecule has 0 aliphatic heterocycles. The maximum Gasteiger partial charge on any atom is 0.336 e. The van der Waals surface area contributed by atoms with E-state index in [1.807, 2.05) is 6.07 Å². The zero-order valence-corrected chi connectivity index (χ0v) is 15.8. The van der Waals surface area contributed by atoms with Gasteiger partial charge in [0.05, 0.1) is 5.57 Å². The lowest BCUT2D eigenvalue weighted by molar-refractivity contribution is -0.130. The maximum absolute atomic E-state index is 12.4. The molecule has 1 amide bonds. The number of aromatic amines is 1. The van der Waals surface area contributed by atoms with Crippen molar-refractivity contribution in [2.24, 2.45) is 0 Å². The van der Waals surface area contributed by atoms with Gasteiger partial charge in [0.2, 0.25) is 0 Å². The molecule has 2 heterocycles. The van der Waals surface area contributed by atoms with Crippen LogP contribution in [0.15, 0.2) is 72.9 Å². The average molecular weight is 398 g/mol. The summed E-state index contributed by atoms with van der Waals surface area (Å²) in [6.07, 6.45) is 3.29. The van der Waals surface area contributed by atoms with E-state index >= 15 is 0 Å². The molecule has 30 heavy (non-hydrogen) atoms. The fourth-order valence-corrected chi connectivity index (χ4v) is 3.13. The third-order valence-corrected chi connectivity index (χ3v) is 4.58. The highest BCUT2D eigenvalue weighted by atomic mass is 16.4. The summed E-state index contributed by atoms with van der Waals surface area (Å²) in [5.41, 5.74) is 8.66. The van der Waals surface area contributed by atoms with E-state index in [-0.39, 0.29) is 11.5 Å². The van der Waals surface area contributed by atoms with E-state index in [0.717, 1.165) is 5.39 Å². The van der Waals surface area contributed by atoms with Crippen LogP contribution in [0.5, 0.6) is 0 Å². The predicted octanol–water partition coefficient (Wildman–Crippen LogP) is 4.02. The highest BCUT2D eigenvalue weighted by Gasteiger charge is 2.13. The van der Waals surface area contributed by atoms with Crippen LogP contribution in [0, 0.1) is 0 Å². The summed E-state index contributed by atoms with van der Waals surface area (Å²) in [6, 6.07) is 19.0. The fourth-order valence-electron chi connectivity index (χ4n) is 3.13. The van der Waals surface area contributed by atoms with Crippen LogP contribution in [-0.2, 0) is 4.79 Å². The molecule has 4 aromatic rings. The number of carbonyl (C=O) groups excluding carboxylic acids is 1. The normalized spacial score (nSPS) is 11.4. The Morgan fingerprint density at radius 1 is 1.00 bits per heavy atom. The lowest BCUT2D eigenvalue weighted by atomic mass is 10.0. The van der Waals surface area contributed by atoms with E-state index < -0.39 is 5.97 Å². The Morgan fingerprint density at radius 2 is 1.77 bits per heavy atom. The summed E-state index contributed by atoms with van der Waals surface area (Å²) in [4.78, 5) is 31.6. The molecule has 5 N–H and O–H groups in total. The lowest BCUT2D eigenvalue weighted by Gasteiger charge is -2.05. The first-order valence-corrected chi connectivity index (χ1v) is 9.17. The van der Waals surface area contributed by atoms with Gasteiger partial charge >= 0.3 is 5.97 Å². The molecule has 2 aromatic heterocycles. The molecule has 0 atom stereocenters. The van der Waals surface area contributed by atoms with Gasteiger partial charge in [-0.3, -0.25) is 4.79 Å². The number of amides is 1. The van der Waals surface area contributed by atoms with Gasteiger partial charge in [-0.15, -0.1) is 0 Å². The molecule has 0 bridgehead atoms. The molecule has 0 saturated carbocycles. The van der Waals surface area contributed by atoms with Gasteiger partial charge in [-0.05, 0) is 42.0 Å². The van der Waals surface area contributed by atoms with E-state index in [2.05, 4.69) is 15.3 Å². The molecule has 0 saturated heterocycles. The minimum atomic E-state index is -1.02. The van der Waals surface area contributed by atoms with Gasteiger partial charge in [0.1, 0.15) is 11.5 Å². The number of carboxylic acids is 1. The molecular weight excluding hydrogens is 380 g/mol. The summed E-state index contributed by atoms with van der Waals surface area (Å²) < 4.78 is 0. The highest BCUT2D eigenvalue weighted by Crippen LogP contribution is 2.25. The van der Waals surface area contributed by atoms with Crippen LogP contribution in [0.4, 0.5) is 11.5 Å². The number of pyridine rings is 1. The summed E-state index contributed by atoms with van der Waals surface area (Å²) in [6.45, 7) is 0. The van der Waals surface area contributed by atoms with Crippen LogP contribution in [0.3, 0.4) is 0 Å². The number of aliphatic carboxylic acids is 1. The van der Waals surface area contributed by atoms with Gasteiger partial charge < -0.3 is 21.1 Å². The Balaban J connectivity index is 1.64. The van der Waals surface area contributed by atoms with Gasteiger partial charge in [0.15, 0.2) is 0 Å². The molecule has 0 aliphatic rings. The number of fused-ring (bicyclic) bond motifs is 1. The second kappa shape index (κ2) is 7.92. The van der Waals surface area contributed by atoms with Crippen molar-refractivity contribution in [1.29, 1.82) is 0 Å². The Labute approximate surface area is 171 Å². The van der Waals surface area contributed by atoms with Crippen molar-refractivity contribution in [3.63, 3.8) is 0 Å². The van der Waals surface area contributed by atoms with Gasteiger partial charge in [-0.1, -0.05) is 36.4 Å². The van der Waals surface area contributed by atoms with Crippen LogP contribution in [0.25, 0.3) is 22.7 Å². The molecule has 0 aliphatic carbocycles. The number of carbonyl (C=O) groups is 2. The maximum atomic E-state index is 12.4. The van der Waals surface area contributed by atoms with Gasteiger partial charge in [-0.2, -0.15) is 0 Å². The lowest BCUT2D eigenvalue weighted by Crippen LogP contribution is -2.13. The molecular formula is C23H18N4O3. The molecule has 0 radical (unpaired) electrons. The van der Waals surface area contributed by atoms with Crippen LogP contribution in [0.2, 0.25) is 0 Å². The van der Waals surface area contributed by atoms with Crippen LogP contribution in [-0.4, -0.2) is 27.0 Å². The minimum absolute atomic E-state index is 0.176. The number of carboxylic acid groups (broad SMARTS) is 1. The number of hydrogen-bond donors (Lipinski definition) is 4. The molecule has 7 nitrogen and oxygen atoms in total. The Bertz CT molecular complexity index is 1280. The first-order valence-electron chi connectivity index (χ1n) is 9.17. The number of nitrogens with two attached hydrogens (primary N) is 1. The van der Waals surface area contributed by atoms with Crippen molar-refractivity contribution < 1.29 is 14.7 Å². The van der Waals surface area contributed by atoms with E-state index in [0.29, 0.717) is 33.8 Å². The van der Waals surface area contributed by atoms with E-state index in [1.54, 1.807) is 72.9 Å². The van der Waals surface area contributed by atoms with Gasteiger partial charge in [-0.25, -0.2) is 9.78 Å². The largest absolute Gasteiger partial charge is 0.478 e. The third kappa shape index (κ3) is 3.90. The van der Waals surface area contributed by atoms with Crippen LogP contribution >= 0.6 is 0 Å². The third-order valence-electron chi connectivity index (χ3n) is 4.58. The zero-order chi connectivity index (χ0) is 21.1. The Kier molecular flexibility index (Phi) is 5.00. The standard InChI is InChI=1S/C23H18N4O3/c24-17-8-4-7-15(11-17)22(28)27-20-10-9-18-16(13-25-21(18)26-20)12-19(23(29)30)14-5-2-1-3-6-14/h1-13H,24H2,(H,29,30)(H2,25,26,27,28). The summed E-state index contributed by atoms with van der Waals surface area (Å²) in [5.74, 6) is -0.971. The number of aromatic nitrogens is 2. The number of benzene rings is 2. The van der Waals surface area contributed by atoms with Gasteiger partial charge in [0.25, 0.3) is 5.91 Å². The number of nitrogen functional groups attached to an aromatic ring is 1. The fraction of sp³-hybridized carbons (Fsp3) is 0. The summed E-state index contributed by atoms with van der Waals surface area (Å²) in [7, 11) is 0. The highest BCUT2D eigenvalue weighted by molar-refractivity contribution is 6.21. The Hall–Kier alpha value is -4.39. The number of nitrogens with zero attached hydrogens (tertiary/aromatic N) is 1. The predicted molar refractivity (Wildman–Crippen MR) is 117 cm³/mol. The van der Waals surface area contributed by atoms with E-state index in [4.69, 9.17) is 5.73 Å². The number of nitrogens with one attached hydrogen (secondary N) is 2. The molecule has 7 heteroatoms. The molecule has 2 aromatic carbocycles. The van der Waals surface area contributed by atoms with E-state index in [9.17, 15) is 14.7 Å². The van der Waals surface area contributed by atoms with Crippen molar-refractivity contribution >= 4 is 46.1 Å². The number of rotatable bonds is 5. The molecule has 0 fully saturated rings. The molecule has 0 spiro atoms. The first-order chi connectivity index (χ1) is 14.5. The van der Waals surface area contributed by atoms with Crippen molar-refractivity contribution in [2.45, 2.75) is 0 Å². The van der Waals surface area contributed by atoms with Crippen molar-refractivity contribution in [2.75, 3.05) is 11.1 Å². The second-order valence-corrected chi connectivity index (χ2v) is 6.65. The SMILES string of the molecule is Nc1cccc(C(=O)Nc2ccc3c(C=C(C(=O)O)c4ccccc4)c[nH]c3n2)c1. The van der Waals surface area contributed by atoms with Gasteiger partial charge in [0, 0.05) is 28.4 Å². The zero-order valence-electron chi connectivity index (χ0n) is 15.8. The first kappa shape index (κ1) is 18.9. The minimum Gasteiger partial charge on any atom is -0.478 e. The second-order valence-electron chi connectivity index (χ2n) is 6.65. The quantitative estimate of drug-likeness (QED) is 0.299. The van der Waals surface area contributed by atoms with Crippen molar-refractivity contribution in [1.82, 2.24) is 9.97 Å². The molecule has 0 unspecified atom stereocenters. The molecule has 148 valence electrons. The van der Waals surface area contributed by atoms with Crippen LogP contribution < -0.4 is 11.1 Å². The number of anilines is 2. The monoisotopic (exact) mass is 398 g/mol. The van der Waals surface area contributed by atoms with E-state index in [1.165, 1.54) is 0 Å². The topological polar surface area (TPSA) is 121 Å². The summed E-state index contributed by atoms with van der Waals surface area (Å²) in [5, 5.41) is 13.1. The number of H-pyrrole nitrogens is 1. The Morgan fingerprint density at radius 3 is 2.50 bits per heavy atom. The van der Waals surface area contributed by atoms with Crippen molar-refractivity contribution in [3.05, 3.63) is 89.6 Å². The van der Waals surface area contributed by atoms with Crippen LogP contribution in [0.1, 0.15) is 21.5 Å². The summed E-state index contributed by atoms with van der Waals surface area (Å²) >= 11 is 0.